The van der Waals surface area contributed by atoms with Gasteiger partial charge in [0.2, 0.25) is 15.9 Å². The van der Waals surface area contributed by atoms with Crippen LogP contribution in [0.5, 0.6) is 0 Å². The van der Waals surface area contributed by atoms with Crippen LogP contribution in [0.2, 0.25) is 0 Å². The van der Waals surface area contributed by atoms with Crippen LogP contribution >= 0.6 is 0 Å². The molecule has 0 unspecified atom stereocenters. The van der Waals surface area contributed by atoms with Gasteiger partial charge in [-0.15, -0.1) is 0 Å². The summed E-state index contributed by atoms with van der Waals surface area (Å²) in [7, 11) is -1.51. The van der Waals surface area contributed by atoms with Gasteiger partial charge in [-0.2, -0.15) is 4.31 Å². The molecule has 1 amide bonds. The van der Waals surface area contributed by atoms with Gasteiger partial charge < -0.3 is 20.6 Å². The maximum absolute atomic E-state index is 12.9. The van der Waals surface area contributed by atoms with E-state index in [1.54, 1.807) is 23.1 Å². The second-order valence-corrected chi connectivity index (χ2v) is 8.87. The first-order valence-corrected chi connectivity index (χ1v) is 10.2. The third kappa shape index (κ3) is 3.77. The van der Waals surface area contributed by atoms with Gasteiger partial charge in [0.05, 0.1) is 11.5 Å². The number of nitrogens with two attached hydrogens (primary N) is 1. The first kappa shape index (κ1) is 19.2. The summed E-state index contributed by atoms with van der Waals surface area (Å²) in [6.07, 6.45) is 0.575. The number of aliphatic hydroxyl groups is 1. The highest BCUT2D eigenvalue weighted by Crippen LogP contribution is 2.25. The largest absolute Gasteiger partial charge is 0.394 e. The van der Waals surface area contributed by atoms with E-state index in [0.717, 1.165) is 24.2 Å². The second kappa shape index (κ2) is 7.61. The van der Waals surface area contributed by atoms with Crippen molar-refractivity contribution in [1.82, 2.24) is 14.1 Å². The third-order valence-corrected chi connectivity index (χ3v) is 7.01. The molecule has 2 aliphatic rings. The number of hydrogen-bond donors (Lipinski definition) is 2. The number of carbonyl (C=O) groups is 1. The Hall–Kier alpha value is -1.52. The average molecular weight is 382 g/mol. The number of hydrogen-bond acceptors (Lipinski definition) is 6. The fourth-order valence-corrected chi connectivity index (χ4v) is 4.84. The summed E-state index contributed by atoms with van der Waals surface area (Å²) < 4.78 is 27.3. The Labute approximate surface area is 154 Å². The van der Waals surface area contributed by atoms with Crippen molar-refractivity contribution in [2.75, 3.05) is 46.4 Å². The molecule has 1 saturated heterocycles. The van der Waals surface area contributed by atoms with Gasteiger partial charge in [0.25, 0.3) is 0 Å². The maximum atomic E-state index is 12.9. The summed E-state index contributed by atoms with van der Waals surface area (Å²) in [6.45, 7) is 2.92. The number of aliphatic hydroxyl groups excluding tert-OH is 1. The molecule has 1 fully saturated rings. The minimum absolute atomic E-state index is 0.285. The molecule has 144 valence electrons. The first-order chi connectivity index (χ1) is 12.3. The molecule has 0 spiro atoms. The third-order valence-electron chi connectivity index (χ3n) is 5.12. The lowest BCUT2D eigenvalue weighted by Crippen LogP contribution is -2.47. The van der Waals surface area contributed by atoms with Crippen molar-refractivity contribution in [3.05, 3.63) is 29.3 Å². The molecule has 0 aromatic heterocycles. The summed E-state index contributed by atoms with van der Waals surface area (Å²) in [6, 6.07) is 4.22. The summed E-state index contributed by atoms with van der Waals surface area (Å²) in [4.78, 5) is 16.2. The van der Waals surface area contributed by atoms with E-state index < -0.39 is 16.1 Å². The van der Waals surface area contributed by atoms with Crippen molar-refractivity contribution >= 4 is 15.9 Å². The SMILES string of the molecule is CN1CCN(S(=O)(=O)c2ccc3c(c2)CCN(C(=O)[C@@H](N)CO)C3)CC1. The van der Waals surface area contributed by atoms with Crippen LogP contribution in [0, 0.1) is 0 Å². The predicted molar refractivity (Wildman–Crippen MR) is 96.9 cm³/mol. The topological polar surface area (TPSA) is 107 Å². The summed E-state index contributed by atoms with van der Waals surface area (Å²) in [5, 5.41) is 9.05. The molecule has 1 aromatic rings. The van der Waals surface area contributed by atoms with Crippen LogP contribution in [0.25, 0.3) is 0 Å². The van der Waals surface area contributed by atoms with Crippen LogP contribution in [-0.2, 0) is 27.8 Å². The molecule has 8 nitrogen and oxygen atoms in total. The molecule has 0 aliphatic carbocycles. The van der Waals surface area contributed by atoms with E-state index in [2.05, 4.69) is 4.90 Å². The van der Waals surface area contributed by atoms with E-state index in [1.807, 2.05) is 7.05 Å². The normalized spacial score (nSPS) is 20.7. The smallest absolute Gasteiger partial charge is 0.243 e. The van der Waals surface area contributed by atoms with Crippen molar-refractivity contribution in [2.24, 2.45) is 5.73 Å². The number of rotatable bonds is 4. The number of fused-ring (bicyclic) bond motifs is 1. The minimum Gasteiger partial charge on any atom is -0.394 e. The highest BCUT2D eigenvalue weighted by atomic mass is 32.2. The van der Waals surface area contributed by atoms with Gasteiger partial charge in [0.1, 0.15) is 6.04 Å². The van der Waals surface area contributed by atoms with E-state index in [1.165, 1.54) is 4.31 Å². The molecule has 1 aromatic carbocycles. The van der Waals surface area contributed by atoms with E-state index in [-0.39, 0.29) is 12.5 Å². The average Bonchev–Trinajstić information content (AvgIpc) is 2.66. The lowest BCUT2D eigenvalue weighted by atomic mass is 9.99. The Bertz CT molecular complexity index is 775. The van der Waals surface area contributed by atoms with Crippen molar-refractivity contribution in [1.29, 1.82) is 0 Å². The van der Waals surface area contributed by atoms with Gasteiger partial charge in [0, 0.05) is 39.3 Å². The Morgan fingerprint density at radius 3 is 2.54 bits per heavy atom. The van der Waals surface area contributed by atoms with Crippen molar-refractivity contribution in [3.63, 3.8) is 0 Å². The number of sulfonamides is 1. The Morgan fingerprint density at radius 2 is 1.88 bits per heavy atom. The van der Waals surface area contributed by atoms with E-state index >= 15 is 0 Å². The van der Waals surface area contributed by atoms with Gasteiger partial charge in [0.15, 0.2) is 0 Å². The van der Waals surface area contributed by atoms with E-state index in [0.29, 0.717) is 37.5 Å². The molecule has 3 N–H and O–H groups in total. The van der Waals surface area contributed by atoms with Gasteiger partial charge in [-0.1, -0.05) is 6.07 Å². The Morgan fingerprint density at radius 1 is 1.19 bits per heavy atom. The summed E-state index contributed by atoms with van der Waals surface area (Å²) >= 11 is 0. The molecule has 0 saturated carbocycles. The molecule has 0 radical (unpaired) electrons. The second-order valence-electron chi connectivity index (χ2n) is 6.94. The van der Waals surface area contributed by atoms with Gasteiger partial charge in [-0.3, -0.25) is 4.79 Å². The number of nitrogens with zero attached hydrogens (tertiary/aromatic N) is 3. The number of carbonyl (C=O) groups excluding carboxylic acids is 1. The monoisotopic (exact) mass is 382 g/mol. The first-order valence-electron chi connectivity index (χ1n) is 8.78. The highest BCUT2D eigenvalue weighted by Gasteiger charge is 2.29. The predicted octanol–water partition coefficient (Wildman–Crippen LogP) is -1.17. The molecule has 9 heteroatoms. The lowest BCUT2D eigenvalue weighted by Gasteiger charge is -2.33. The van der Waals surface area contributed by atoms with Crippen LogP contribution < -0.4 is 5.73 Å². The van der Waals surface area contributed by atoms with Crippen LogP contribution in [0.3, 0.4) is 0 Å². The van der Waals surface area contributed by atoms with Crippen molar-refractivity contribution in [2.45, 2.75) is 23.9 Å². The van der Waals surface area contributed by atoms with Crippen LogP contribution in [0.1, 0.15) is 11.1 Å². The van der Waals surface area contributed by atoms with Gasteiger partial charge in [-0.05, 0) is 36.7 Å². The summed E-state index contributed by atoms with van der Waals surface area (Å²) in [5.74, 6) is -0.285. The highest BCUT2D eigenvalue weighted by molar-refractivity contribution is 7.89. The minimum atomic E-state index is -3.49. The number of piperazine rings is 1. The van der Waals surface area contributed by atoms with Crippen molar-refractivity contribution in [3.8, 4) is 0 Å². The molecule has 2 aliphatic heterocycles. The molecule has 0 bridgehead atoms. The molecular weight excluding hydrogens is 356 g/mol. The zero-order valence-electron chi connectivity index (χ0n) is 15.0. The van der Waals surface area contributed by atoms with Crippen LogP contribution in [0.4, 0.5) is 0 Å². The zero-order valence-corrected chi connectivity index (χ0v) is 15.8. The molecule has 2 heterocycles. The van der Waals surface area contributed by atoms with Crippen LogP contribution in [-0.4, -0.2) is 86.0 Å². The number of amides is 1. The Balaban J connectivity index is 1.77. The van der Waals surface area contributed by atoms with Gasteiger partial charge in [-0.25, -0.2) is 8.42 Å². The number of likely N-dealkylation sites (N-methyl/N-ethyl adjacent to an activating group) is 1. The standard InChI is InChI=1S/C17H26N4O4S/c1-19-6-8-21(9-7-19)26(24,25)15-3-2-14-11-20(5-4-13(14)10-15)17(23)16(18)12-22/h2-3,10,16,22H,4-9,11-12,18H2,1H3/t16-/m0/s1. The van der Waals surface area contributed by atoms with E-state index in [9.17, 15) is 13.2 Å². The lowest BCUT2D eigenvalue weighted by molar-refractivity contribution is -0.134. The van der Waals surface area contributed by atoms with Crippen molar-refractivity contribution < 1.29 is 18.3 Å². The molecule has 26 heavy (non-hydrogen) atoms. The molecule has 3 rings (SSSR count). The number of benzene rings is 1. The summed E-state index contributed by atoms with van der Waals surface area (Å²) in [5.41, 5.74) is 7.48. The quantitative estimate of drug-likeness (QED) is 0.679. The Kier molecular flexibility index (Phi) is 5.64. The maximum Gasteiger partial charge on any atom is 0.243 e. The van der Waals surface area contributed by atoms with E-state index in [4.69, 9.17) is 10.8 Å². The fourth-order valence-electron chi connectivity index (χ4n) is 3.37. The van der Waals surface area contributed by atoms with Gasteiger partial charge >= 0.3 is 0 Å². The fraction of sp³-hybridized carbons (Fsp3) is 0.588. The zero-order chi connectivity index (χ0) is 18.9. The molecular formula is C17H26N4O4S. The molecule has 1 atom stereocenters. The van der Waals surface area contributed by atoms with Crippen LogP contribution in [0.15, 0.2) is 23.1 Å².